The SMILES string of the molecule is CC(C)=CCOC1OC1[N+](=O)[O-]. The highest BCUT2D eigenvalue weighted by Gasteiger charge is 2.51. The molecular weight excluding hydrogens is 162 g/mol. The summed E-state index contributed by atoms with van der Waals surface area (Å²) in [6.45, 7) is 4.24. The van der Waals surface area contributed by atoms with Crippen LogP contribution in [0.2, 0.25) is 0 Å². The minimum atomic E-state index is -0.949. The van der Waals surface area contributed by atoms with Gasteiger partial charge in [0.05, 0.1) is 11.5 Å². The maximum atomic E-state index is 10.1. The lowest BCUT2D eigenvalue weighted by atomic mass is 10.3. The summed E-state index contributed by atoms with van der Waals surface area (Å²) in [6, 6.07) is 0. The van der Waals surface area contributed by atoms with Gasteiger partial charge in [-0.15, -0.1) is 0 Å². The molecule has 1 aliphatic heterocycles. The molecule has 0 aliphatic carbocycles. The lowest BCUT2D eigenvalue weighted by molar-refractivity contribution is -0.518. The molecule has 0 spiro atoms. The molecule has 0 radical (unpaired) electrons. The van der Waals surface area contributed by atoms with Crippen LogP contribution in [-0.2, 0) is 9.47 Å². The van der Waals surface area contributed by atoms with Crippen LogP contribution in [0.15, 0.2) is 11.6 Å². The predicted octanol–water partition coefficient (Wildman–Crippen LogP) is 0.928. The van der Waals surface area contributed by atoms with Gasteiger partial charge in [0.2, 0.25) is 0 Å². The first-order valence-corrected chi connectivity index (χ1v) is 3.65. The molecule has 1 aliphatic rings. The zero-order valence-electron chi connectivity index (χ0n) is 7.02. The van der Waals surface area contributed by atoms with Crippen LogP contribution in [0.25, 0.3) is 0 Å². The first-order chi connectivity index (χ1) is 5.61. The lowest BCUT2D eigenvalue weighted by Crippen LogP contribution is -2.09. The molecule has 2 atom stereocenters. The van der Waals surface area contributed by atoms with Crippen molar-refractivity contribution >= 4 is 0 Å². The van der Waals surface area contributed by atoms with Crippen LogP contribution in [0.5, 0.6) is 0 Å². The minimum absolute atomic E-state index is 0.372. The Bertz CT molecular complexity index is 209. The van der Waals surface area contributed by atoms with E-state index in [1.54, 1.807) is 0 Å². The van der Waals surface area contributed by atoms with Crippen LogP contribution in [0.3, 0.4) is 0 Å². The molecule has 0 aromatic carbocycles. The summed E-state index contributed by atoms with van der Waals surface area (Å²) < 4.78 is 9.61. The van der Waals surface area contributed by atoms with Crippen LogP contribution in [0, 0.1) is 10.1 Å². The Morgan fingerprint density at radius 1 is 1.75 bits per heavy atom. The fraction of sp³-hybridized carbons (Fsp3) is 0.714. The molecule has 12 heavy (non-hydrogen) atoms. The van der Waals surface area contributed by atoms with Crippen LogP contribution in [0.4, 0.5) is 0 Å². The molecule has 5 heteroatoms. The molecular formula is C7H11NO4. The molecule has 0 saturated carbocycles. The van der Waals surface area contributed by atoms with Gasteiger partial charge in [0, 0.05) is 0 Å². The van der Waals surface area contributed by atoms with Crippen molar-refractivity contribution in [3.63, 3.8) is 0 Å². The average molecular weight is 173 g/mol. The quantitative estimate of drug-likeness (QED) is 0.274. The van der Waals surface area contributed by atoms with E-state index in [0.29, 0.717) is 6.61 Å². The lowest BCUT2D eigenvalue weighted by Gasteiger charge is -1.92. The molecule has 0 aromatic heterocycles. The van der Waals surface area contributed by atoms with E-state index in [4.69, 9.17) is 4.74 Å². The topological polar surface area (TPSA) is 64.9 Å². The highest BCUT2D eigenvalue weighted by molar-refractivity contribution is 4.93. The maximum Gasteiger partial charge on any atom is 0.369 e. The van der Waals surface area contributed by atoms with Gasteiger partial charge in [-0.25, -0.2) is 0 Å². The van der Waals surface area contributed by atoms with E-state index in [2.05, 4.69) is 4.74 Å². The predicted molar refractivity (Wildman–Crippen MR) is 41.0 cm³/mol. The Morgan fingerprint density at radius 3 is 2.83 bits per heavy atom. The third-order valence-corrected chi connectivity index (χ3v) is 1.39. The van der Waals surface area contributed by atoms with Crippen LogP contribution < -0.4 is 0 Å². The van der Waals surface area contributed by atoms with Gasteiger partial charge in [-0.2, -0.15) is 0 Å². The van der Waals surface area contributed by atoms with Crippen molar-refractivity contribution < 1.29 is 14.4 Å². The Kier molecular flexibility index (Phi) is 2.78. The van der Waals surface area contributed by atoms with Crippen molar-refractivity contribution in [2.24, 2.45) is 0 Å². The van der Waals surface area contributed by atoms with Crippen molar-refractivity contribution in [1.82, 2.24) is 0 Å². The molecule has 1 fully saturated rings. The summed E-state index contributed by atoms with van der Waals surface area (Å²) in [6.07, 6.45) is 0.254. The molecule has 1 saturated heterocycles. The fourth-order valence-corrected chi connectivity index (χ4v) is 0.672. The highest BCUT2D eigenvalue weighted by atomic mass is 16.8. The molecule has 2 unspecified atom stereocenters. The van der Waals surface area contributed by atoms with E-state index in [1.807, 2.05) is 19.9 Å². The average Bonchev–Trinajstić information content (AvgIpc) is 2.66. The number of nitro groups is 1. The van der Waals surface area contributed by atoms with Crippen molar-refractivity contribution in [3.05, 3.63) is 21.8 Å². The van der Waals surface area contributed by atoms with E-state index >= 15 is 0 Å². The number of hydrogen-bond donors (Lipinski definition) is 0. The van der Waals surface area contributed by atoms with Gasteiger partial charge in [0.1, 0.15) is 0 Å². The highest BCUT2D eigenvalue weighted by Crippen LogP contribution is 2.23. The van der Waals surface area contributed by atoms with Gasteiger partial charge >= 0.3 is 6.23 Å². The summed E-state index contributed by atoms with van der Waals surface area (Å²) in [4.78, 5) is 9.56. The van der Waals surface area contributed by atoms with Gasteiger partial charge in [0.25, 0.3) is 6.29 Å². The second kappa shape index (κ2) is 3.64. The third kappa shape index (κ3) is 2.60. The molecule has 68 valence electrons. The van der Waals surface area contributed by atoms with Gasteiger partial charge < -0.3 is 4.74 Å². The Labute approximate surface area is 70.1 Å². The molecule has 0 aromatic rings. The van der Waals surface area contributed by atoms with Crippen molar-refractivity contribution in [2.45, 2.75) is 26.4 Å². The normalized spacial score (nSPS) is 26.5. The Balaban J connectivity index is 2.12. The second-order valence-electron chi connectivity index (χ2n) is 2.80. The number of hydrogen-bond acceptors (Lipinski definition) is 4. The smallest absolute Gasteiger partial charge is 0.340 e. The van der Waals surface area contributed by atoms with Crippen LogP contribution >= 0.6 is 0 Å². The molecule has 0 amide bonds. The Hall–Kier alpha value is -0.940. The van der Waals surface area contributed by atoms with E-state index < -0.39 is 17.4 Å². The van der Waals surface area contributed by atoms with Crippen LogP contribution in [0.1, 0.15) is 13.8 Å². The first-order valence-electron chi connectivity index (χ1n) is 3.65. The van der Waals surface area contributed by atoms with Crippen molar-refractivity contribution in [3.8, 4) is 0 Å². The molecule has 0 N–H and O–H groups in total. The van der Waals surface area contributed by atoms with Crippen LogP contribution in [-0.4, -0.2) is 24.0 Å². The van der Waals surface area contributed by atoms with Crippen molar-refractivity contribution in [2.75, 3.05) is 6.61 Å². The van der Waals surface area contributed by atoms with E-state index in [9.17, 15) is 10.1 Å². The summed E-state index contributed by atoms with van der Waals surface area (Å²) in [7, 11) is 0. The monoisotopic (exact) mass is 173 g/mol. The molecule has 5 nitrogen and oxygen atoms in total. The number of allylic oxidation sites excluding steroid dienone is 1. The van der Waals surface area contributed by atoms with Gasteiger partial charge in [0.15, 0.2) is 0 Å². The summed E-state index contributed by atoms with van der Waals surface area (Å²) in [5, 5.41) is 10.1. The number of nitrogens with zero attached hydrogens (tertiary/aromatic N) is 1. The fourth-order valence-electron chi connectivity index (χ4n) is 0.672. The second-order valence-corrected chi connectivity index (χ2v) is 2.80. The van der Waals surface area contributed by atoms with Gasteiger partial charge in [-0.1, -0.05) is 11.6 Å². The standard InChI is InChI=1S/C7H11NO4/c1-5(2)3-4-11-7-6(12-7)8(9)10/h3,6-7H,4H2,1-2H3. The van der Waals surface area contributed by atoms with E-state index in [-0.39, 0.29) is 0 Å². The number of rotatable bonds is 4. The Morgan fingerprint density at radius 2 is 2.42 bits per heavy atom. The molecule has 0 bridgehead atoms. The maximum absolute atomic E-state index is 10.1. The molecule has 1 rings (SSSR count). The summed E-state index contributed by atoms with van der Waals surface area (Å²) in [5.41, 5.74) is 1.12. The zero-order chi connectivity index (χ0) is 9.14. The minimum Gasteiger partial charge on any atom is -0.340 e. The van der Waals surface area contributed by atoms with Crippen molar-refractivity contribution in [1.29, 1.82) is 0 Å². The summed E-state index contributed by atoms with van der Waals surface area (Å²) in [5.74, 6) is 0. The number of epoxide rings is 1. The number of ether oxygens (including phenoxy) is 2. The van der Waals surface area contributed by atoms with Gasteiger partial charge in [-0.05, 0) is 13.8 Å². The first kappa shape index (κ1) is 9.15. The third-order valence-electron chi connectivity index (χ3n) is 1.39. The largest absolute Gasteiger partial charge is 0.369 e. The summed E-state index contributed by atoms with van der Waals surface area (Å²) >= 11 is 0. The van der Waals surface area contributed by atoms with Gasteiger partial charge in [-0.3, -0.25) is 14.9 Å². The molecule has 1 heterocycles. The van der Waals surface area contributed by atoms with E-state index in [1.165, 1.54) is 0 Å². The van der Waals surface area contributed by atoms with E-state index in [0.717, 1.165) is 5.57 Å². The zero-order valence-corrected chi connectivity index (χ0v) is 7.02.